The molecule has 134 valence electrons. The Morgan fingerprint density at radius 3 is 3.04 bits per heavy atom. The van der Waals surface area contributed by atoms with Gasteiger partial charge in [0.05, 0.1) is 12.2 Å². The number of ether oxygens (including phenoxy) is 1. The summed E-state index contributed by atoms with van der Waals surface area (Å²) in [6.07, 6.45) is 4.09. The van der Waals surface area contributed by atoms with Crippen molar-refractivity contribution in [1.29, 1.82) is 0 Å². The van der Waals surface area contributed by atoms with Crippen LogP contribution < -0.4 is 15.4 Å². The number of rotatable bonds is 6. The summed E-state index contributed by atoms with van der Waals surface area (Å²) in [7, 11) is 0. The molecule has 25 heavy (non-hydrogen) atoms. The largest absolute Gasteiger partial charge is 0.482 e. The highest BCUT2D eigenvalue weighted by molar-refractivity contribution is 5.77. The van der Waals surface area contributed by atoms with Gasteiger partial charge in [-0.25, -0.2) is 0 Å². The van der Waals surface area contributed by atoms with Crippen LogP contribution in [0.25, 0.3) is 0 Å². The molecule has 1 amide bonds. The summed E-state index contributed by atoms with van der Waals surface area (Å²) in [4.78, 5) is 16.3. The van der Waals surface area contributed by atoms with Gasteiger partial charge >= 0.3 is 0 Å². The molecule has 0 radical (unpaired) electrons. The molecule has 0 saturated heterocycles. The highest BCUT2D eigenvalue weighted by atomic mass is 16.5. The van der Waals surface area contributed by atoms with Gasteiger partial charge in [-0.15, -0.1) is 10.2 Å². The monoisotopic (exact) mass is 344 g/mol. The zero-order valence-electron chi connectivity index (χ0n) is 14.6. The second kappa shape index (κ2) is 8.06. The van der Waals surface area contributed by atoms with E-state index in [0.29, 0.717) is 5.75 Å². The lowest BCUT2D eigenvalue weighted by Crippen LogP contribution is -2.37. The van der Waals surface area contributed by atoms with Crippen LogP contribution in [0, 0.1) is 5.92 Å². The average molecular weight is 344 g/mol. The van der Waals surface area contributed by atoms with Gasteiger partial charge in [0.25, 0.3) is 5.91 Å². The van der Waals surface area contributed by atoms with E-state index in [9.17, 15) is 4.79 Å². The van der Waals surface area contributed by atoms with Crippen molar-refractivity contribution in [3.63, 3.8) is 0 Å². The smallest absolute Gasteiger partial charge is 0.258 e. The Kier molecular flexibility index (Phi) is 5.60. The van der Waals surface area contributed by atoms with Crippen LogP contribution in [0.1, 0.15) is 31.5 Å². The molecule has 1 atom stereocenters. The van der Waals surface area contributed by atoms with Crippen molar-refractivity contribution in [3.8, 4) is 5.75 Å². The van der Waals surface area contributed by atoms with E-state index in [2.05, 4.69) is 44.2 Å². The molecule has 1 aliphatic rings. The lowest BCUT2D eigenvalue weighted by molar-refractivity contribution is -0.124. The van der Waals surface area contributed by atoms with Gasteiger partial charge in [-0.1, -0.05) is 13.8 Å². The molecular weight excluding hydrogens is 320 g/mol. The Hall–Kier alpha value is -2.48. The third kappa shape index (κ3) is 4.33. The summed E-state index contributed by atoms with van der Waals surface area (Å²) in [6, 6.07) is 3.33. The summed E-state index contributed by atoms with van der Waals surface area (Å²) in [6.45, 7) is 6.64. The summed E-state index contributed by atoms with van der Waals surface area (Å²) < 4.78 is 7.59. The molecule has 2 N–H and O–H groups in total. The normalized spacial score (nSPS) is 15.3. The number of pyridine rings is 1. The minimum Gasteiger partial charge on any atom is -0.482 e. The Balaban J connectivity index is 1.67. The van der Waals surface area contributed by atoms with Gasteiger partial charge in [0.2, 0.25) is 0 Å². The maximum atomic E-state index is 12.3. The van der Waals surface area contributed by atoms with Gasteiger partial charge < -0.3 is 19.9 Å². The number of hydrogen-bond donors (Lipinski definition) is 2. The first kappa shape index (κ1) is 17.3. The van der Waals surface area contributed by atoms with E-state index in [1.165, 1.54) is 0 Å². The number of amides is 1. The molecule has 0 aromatic carbocycles. The third-order valence-electron chi connectivity index (χ3n) is 4.16. The zero-order valence-corrected chi connectivity index (χ0v) is 14.6. The fourth-order valence-corrected chi connectivity index (χ4v) is 2.85. The van der Waals surface area contributed by atoms with E-state index in [1.54, 1.807) is 24.5 Å². The molecule has 0 saturated carbocycles. The van der Waals surface area contributed by atoms with Crippen LogP contribution in [-0.2, 0) is 17.8 Å². The van der Waals surface area contributed by atoms with E-state index in [1.807, 2.05) is 0 Å². The van der Waals surface area contributed by atoms with Crippen molar-refractivity contribution in [2.24, 2.45) is 5.92 Å². The van der Waals surface area contributed by atoms with Crippen molar-refractivity contribution >= 4 is 5.91 Å². The minimum atomic E-state index is -0.204. The molecule has 2 aromatic rings. The van der Waals surface area contributed by atoms with Gasteiger partial charge in [0.15, 0.2) is 12.4 Å². The Morgan fingerprint density at radius 2 is 2.28 bits per heavy atom. The van der Waals surface area contributed by atoms with Crippen molar-refractivity contribution < 1.29 is 9.53 Å². The van der Waals surface area contributed by atoms with E-state index in [4.69, 9.17) is 4.74 Å². The van der Waals surface area contributed by atoms with Gasteiger partial charge in [0, 0.05) is 32.3 Å². The third-order valence-corrected chi connectivity index (χ3v) is 4.16. The molecule has 0 fully saturated rings. The molecule has 1 unspecified atom stereocenters. The molecule has 8 nitrogen and oxygen atoms in total. The minimum absolute atomic E-state index is 0.0581. The first-order chi connectivity index (χ1) is 12.1. The van der Waals surface area contributed by atoms with Crippen molar-refractivity contribution in [2.75, 3.05) is 19.7 Å². The predicted octanol–water partition coefficient (Wildman–Crippen LogP) is 0.711. The number of hydrogen-bond acceptors (Lipinski definition) is 6. The molecule has 0 bridgehead atoms. The fourth-order valence-electron chi connectivity index (χ4n) is 2.85. The van der Waals surface area contributed by atoms with Crippen molar-refractivity contribution in [1.82, 2.24) is 30.4 Å². The molecule has 2 aromatic heterocycles. The number of carbonyl (C=O) groups is 1. The van der Waals surface area contributed by atoms with E-state index < -0.39 is 0 Å². The van der Waals surface area contributed by atoms with Gasteiger partial charge in [-0.05, 0) is 18.1 Å². The topological polar surface area (TPSA) is 94.0 Å². The standard InChI is InChI=1S/C17H24N6O2/c1-12(2)16(17-22-21-14-5-7-18-8-9-23(14)17)20-15(24)11-25-13-4-3-6-19-10-13/h3-4,6,10,12,16,18H,5,7-9,11H2,1-2H3,(H,20,24). The number of nitrogens with zero attached hydrogens (tertiary/aromatic N) is 4. The maximum absolute atomic E-state index is 12.3. The Bertz CT molecular complexity index is 700. The summed E-state index contributed by atoms with van der Waals surface area (Å²) >= 11 is 0. The van der Waals surface area contributed by atoms with Crippen LogP contribution in [-0.4, -0.2) is 45.4 Å². The summed E-state index contributed by atoms with van der Waals surface area (Å²) in [5.74, 6) is 2.34. The first-order valence-corrected chi connectivity index (χ1v) is 8.60. The number of carbonyl (C=O) groups excluding carboxylic acids is 1. The van der Waals surface area contributed by atoms with Crippen LogP contribution >= 0.6 is 0 Å². The molecular formula is C17H24N6O2. The average Bonchev–Trinajstić information content (AvgIpc) is 2.86. The SMILES string of the molecule is CC(C)C(NC(=O)COc1cccnc1)c1nnc2n1CCNCC2. The lowest BCUT2D eigenvalue weighted by atomic mass is 10.0. The van der Waals surface area contributed by atoms with Crippen molar-refractivity contribution in [2.45, 2.75) is 32.9 Å². The molecule has 8 heteroatoms. The Labute approximate surface area is 147 Å². The van der Waals surface area contributed by atoms with Crippen LogP contribution in [0.3, 0.4) is 0 Å². The molecule has 3 heterocycles. The first-order valence-electron chi connectivity index (χ1n) is 8.60. The quantitative estimate of drug-likeness (QED) is 0.802. The van der Waals surface area contributed by atoms with Gasteiger partial charge in [-0.3, -0.25) is 9.78 Å². The highest BCUT2D eigenvalue weighted by Crippen LogP contribution is 2.21. The molecule has 3 rings (SSSR count). The molecule has 1 aliphatic heterocycles. The molecule has 0 spiro atoms. The zero-order chi connectivity index (χ0) is 17.6. The molecule has 0 aliphatic carbocycles. The highest BCUT2D eigenvalue weighted by Gasteiger charge is 2.26. The summed E-state index contributed by atoms with van der Waals surface area (Å²) in [5.41, 5.74) is 0. The van der Waals surface area contributed by atoms with Crippen molar-refractivity contribution in [3.05, 3.63) is 36.2 Å². The lowest BCUT2D eigenvalue weighted by Gasteiger charge is -2.22. The second-order valence-corrected chi connectivity index (χ2v) is 6.39. The van der Waals surface area contributed by atoms with E-state index >= 15 is 0 Å². The Morgan fingerprint density at radius 1 is 1.40 bits per heavy atom. The second-order valence-electron chi connectivity index (χ2n) is 6.39. The van der Waals surface area contributed by atoms with E-state index in [0.717, 1.165) is 37.7 Å². The predicted molar refractivity (Wildman–Crippen MR) is 92.0 cm³/mol. The number of nitrogens with one attached hydrogen (secondary N) is 2. The maximum Gasteiger partial charge on any atom is 0.258 e. The summed E-state index contributed by atoms with van der Waals surface area (Å²) in [5, 5.41) is 15.0. The number of fused-ring (bicyclic) bond motifs is 1. The van der Waals surface area contributed by atoms with Crippen LogP contribution in [0.15, 0.2) is 24.5 Å². The van der Waals surface area contributed by atoms with Crippen LogP contribution in [0.5, 0.6) is 5.75 Å². The number of aromatic nitrogens is 4. The van der Waals surface area contributed by atoms with Crippen LogP contribution in [0.2, 0.25) is 0 Å². The van der Waals surface area contributed by atoms with Gasteiger partial charge in [-0.2, -0.15) is 0 Å². The van der Waals surface area contributed by atoms with Crippen LogP contribution in [0.4, 0.5) is 0 Å². The fraction of sp³-hybridized carbons (Fsp3) is 0.529. The van der Waals surface area contributed by atoms with Gasteiger partial charge in [0.1, 0.15) is 11.6 Å². The van der Waals surface area contributed by atoms with E-state index in [-0.39, 0.29) is 24.5 Å².